The quantitative estimate of drug-likeness (QED) is 0.407. The molecule has 7 heteroatoms. The fourth-order valence-electron chi connectivity index (χ4n) is 1.95. The Morgan fingerprint density at radius 3 is 2.56 bits per heavy atom. The first-order valence-electron chi connectivity index (χ1n) is 4.70. The number of alkyl halides is 3. The summed E-state index contributed by atoms with van der Waals surface area (Å²) in [5.41, 5.74) is -4.61. The number of hydrogen-bond donors (Lipinski definition) is 0. The molecule has 2 atom stereocenters. The highest BCUT2D eigenvalue weighted by molar-refractivity contribution is 7.98. The van der Waals surface area contributed by atoms with Crippen molar-refractivity contribution in [3.8, 4) is 0 Å². The Hall–Kier alpha value is -0.980. The lowest BCUT2D eigenvalue weighted by Gasteiger charge is -2.14. The third-order valence-corrected chi connectivity index (χ3v) is 3.37. The van der Waals surface area contributed by atoms with Crippen LogP contribution >= 0.6 is 11.9 Å². The molecule has 1 heterocycles. The van der Waals surface area contributed by atoms with Gasteiger partial charge in [0.25, 0.3) is 0 Å². The molecular weight excluding hydrogens is 243 g/mol. The molecule has 16 heavy (non-hydrogen) atoms. The normalized spacial score (nSPS) is 29.8. The molecule has 2 rings (SSSR count). The summed E-state index contributed by atoms with van der Waals surface area (Å²) < 4.78 is 36.6. The third-order valence-electron chi connectivity index (χ3n) is 2.62. The Kier molecular flexibility index (Phi) is 2.73. The maximum Gasteiger partial charge on any atom is 0.462 e. The summed E-state index contributed by atoms with van der Waals surface area (Å²) in [5, 5.41) is 0. The van der Waals surface area contributed by atoms with Crippen LogP contribution < -0.4 is 0 Å². The maximum absolute atomic E-state index is 12.1. The lowest BCUT2D eigenvalue weighted by molar-refractivity contribution is -0.134. The van der Waals surface area contributed by atoms with E-state index in [1.807, 2.05) is 0 Å². The standard InChI is InChI=1S/C9H8F3NO2S/c10-9(11,12)16-13-7(14)5-3-1-2-4-6(5)8(13)15/h1,3,5-6H,2,4H2. The molecular formula is C9H8F3NO2S. The van der Waals surface area contributed by atoms with Gasteiger partial charge in [0.1, 0.15) is 0 Å². The third kappa shape index (κ3) is 1.95. The molecule has 0 saturated carbocycles. The van der Waals surface area contributed by atoms with E-state index in [9.17, 15) is 22.8 Å². The van der Waals surface area contributed by atoms with Crippen LogP contribution in [-0.4, -0.2) is 21.6 Å². The molecule has 2 amide bonds. The summed E-state index contributed by atoms with van der Waals surface area (Å²) in [4.78, 5) is 23.1. The highest BCUT2D eigenvalue weighted by Crippen LogP contribution is 2.42. The van der Waals surface area contributed by atoms with Crippen molar-refractivity contribution in [3.63, 3.8) is 0 Å². The molecule has 0 bridgehead atoms. The van der Waals surface area contributed by atoms with Crippen molar-refractivity contribution in [2.24, 2.45) is 11.8 Å². The Bertz CT molecular complexity index is 366. The SMILES string of the molecule is O=C1C2C=CCCC2C(=O)N1SC(F)(F)F. The highest BCUT2D eigenvalue weighted by atomic mass is 32.2. The van der Waals surface area contributed by atoms with Crippen LogP contribution in [0.15, 0.2) is 12.2 Å². The van der Waals surface area contributed by atoms with E-state index in [1.165, 1.54) is 6.08 Å². The second-order valence-corrected chi connectivity index (χ2v) is 4.66. The largest absolute Gasteiger partial charge is 0.462 e. The van der Waals surface area contributed by atoms with Crippen molar-refractivity contribution in [3.05, 3.63) is 12.2 Å². The first-order valence-corrected chi connectivity index (χ1v) is 5.48. The van der Waals surface area contributed by atoms with Crippen molar-refractivity contribution < 1.29 is 22.8 Å². The zero-order chi connectivity index (χ0) is 11.9. The smallest absolute Gasteiger partial charge is 0.273 e. The Balaban J connectivity index is 2.20. The summed E-state index contributed by atoms with van der Waals surface area (Å²) in [6, 6.07) is 0. The zero-order valence-corrected chi connectivity index (χ0v) is 8.85. The van der Waals surface area contributed by atoms with Gasteiger partial charge in [-0.15, -0.1) is 0 Å². The summed E-state index contributed by atoms with van der Waals surface area (Å²) in [6.07, 6.45) is 4.34. The average molecular weight is 251 g/mol. The second-order valence-electron chi connectivity index (χ2n) is 3.65. The van der Waals surface area contributed by atoms with Gasteiger partial charge in [0.15, 0.2) is 0 Å². The van der Waals surface area contributed by atoms with Gasteiger partial charge in [0.05, 0.1) is 23.8 Å². The molecule has 1 fully saturated rings. The minimum Gasteiger partial charge on any atom is -0.273 e. The van der Waals surface area contributed by atoms with Crippen molar-refractivity contribution in [1.29, 1.82) is 0 Å². The molecule has 2 unspecified atom stereocenters. The van der Waals surface area contributed by atoms with E-state index in [1.54, 1.807) is 6.08 Å². The van der Waals surface area contributed by atoms with Crippen LogP contribution in [0.25, 0.3) is 0 Å². The number of imide groups is 1. The number of nitrogens with zero attached hydrogens (tertiary/aromatic N) is 1. The molecule has 3 nitrogen and oxygen atoms in total. The average Bonchev–Trinajstić information content (AvgIpc) is 2.43. The van der Waals surface area contributed by atoms with Gasteiger partial charge in [-0.3, -0.25) is 9.59 Å². The van der Waals surface area contributed by atoms with Crippen LogP contribution in [0, 0.1) is 11.8 Å². The van der Waals surface area contributed by atoms with E-state index in [4.69, 9.17) is 0 Å². The molecule has 0 N–H and O–H groups in total. The van der Waals surface area contributed by atoms with Crippen LogP contribution in [-0.2, 0) is 9.59 Å². The molecule has 1 saturated heterocycles. The van der Waals surface area contributed by atoms with E-state index in [2.05, 4.69) is 0 Å². The summed E-state index contributed by atoms with van der Waals surface area (Å²) in [6.45, 7) is 0. The molecule has 0 aromatic carbocycles. The van der Waals surface area contributed by atoms with E-state index in [0.717, 1.165) is 0 Å². The first-order chi connectivity index (χ1) is 7.40. The lowest BCUT2D eigenvalue weighted by Crippen LogP contribution is -2.27. The number of hydrogen-bond acceptors (Lipinski definition) is 3. The Labute approximate surface area is 93.8 Å². The molecule has 1 aliphatic carbocycles. The van der Waals surface area contributed by atoms with Crippen molar-refractivity contribution >= 4 is 23.8 Å². The van der Waals surface area contributed by atoms with E-state index < -0.39 is 41.1 Å². The molecule has 0 spiro atoms. The molecule has 0 aromatic rings. The van der Waals surface area contributed by atoms with Crippen molar-refractivity contribution in [2.75, 3.05) is 0 Å². The van der Waals surface area contributed by atoms with Gasteiger partial charge in [0.2, 0.25) is 11.8 Å². The van der Waals surface area contributed by atoms with Crippen molar-refractivity contribution in [1.82, 2.24) is 4.31 Å². The highest BCUT2D eigenvalue weighted by Gasteiger charge is 2.51. The number of amides is 2. The predicted molar refractivity (Wildman–Crippen MR) is 50.9 cm³/mol. The Morgan fingerprint density at radius 1 is 1.31 bits per heavy atom. The zero-order valence-electron chi connectivity index (χ0n) is 8.03. The number of allylic oxidation sites excluding steroid dienone is 1. The van der Waals surface area contributed by atoms with Gasteiger partial charge in [0, 0.05) is 0 Å². The number of carbonyl (C=O) groups excluding carboxylic acids is 2. The molecule has 1 aliphatic heterocycles. The van der Waals surface area contributed by atoms with Crippen LogP contribution in [0.4, 0.5) is 13.2 Å². The predicted octanol–water partition coefficient (Wildman–Crippen LogP) is 2.11. The van der Waals surface area contributed by atoms with E-state index >= 15 is 0 Å². The lowest BCUT2D eigenvalue weighted by atomic mass is 9.86. The molecule has 88 valence electrons. The topological polar surface area (TPSA) is 37.4 Å². The molecule has 0 aromatic heterocycles. The minimum absolute atomic E-state index is 0.255. The van der Waals surface area contributed by atoms with Crippen LogP contribution in [0.3, 0.4) is 0 Å². The summed E-state index contributed by atoms with van der Waals surface area (Å²) in [5.74, 6) is -2.78. The van der Waals surface area contributed by atoms with E-state index in [-0.39, 0.29) is 4.31 Å². The van der Waals surface area contributed by atoms with Gasteiger partial charge >= 0.3 is 5.51 Å². The summed E-state index contributed by atoms with van der Waals surface area (Å²) in [7, 11) is 0. The fourth-order valence-corrected chi connectivity index (χ4v) is 2.60. The van der Waals surface area contributed by atoms with E-state index in [0.29, 0.717) is 12.8 Å². The summed E-state index contributed by atoms with van der Waals surface area (Å²) >= 11 is -0.653. The molecule has 0 radical (unpaired) electrons. The van der Waals surface area contributed by atoms with Gasteiger partial charge in [-0.25, -0.2) is 4.31 Å². The number of carbonyl (C=O) groups is 2. The Morgan fingerprint density at radius 2 is 2.00 bits per heavy atom. The second kappa shape index (κ2) is 3.80. The number of rotatable bonds is 1. The van der Waals surface area contributed by atoms with Crippen LogP contribution in [0.2, 0.25) is 0 Å². The maximum atomic E-state index is 12.1. The van der Waals surface area contributed by atoms with Crippen LogP contribution in [0.1, 0.15) is 12.8 Å². The van der Waals surface area contributed by atoms with Gasteiger partial charge < -0.3 is 0 Å². The monoisotopic (exact) mass is 251 g/mol. The number of fused-ring (bicyclic) bond motifs is 1. The van der Waals surface area contributed by atoms with Crippen molar-refractivity contribution in [2.45, 2.75) is 18.3 Å². The van der Waals surface area contributed by atoms with Gasteiger partial charge in [-0.1, -0.05) is 12.2 Å². The van der Waals surface area contributed by atoms with Gasteiger partial charge in [-0.05, 0) is 12.8 Å². The first kappa shape index (κ1) is 11.5. The molecule has 2 aliphatic rings. The van der Waals surface area contributed by atoms with Gasteiger partial charge in [-0.2, -0.15) is 13.2 Å². The minimum atomic E-state index is -4.61. The van der Waals surface area contributed by atoms with Crippen LogP contribution in [0.5, 0.6) is 0 Å². The fraction of sp³-hybridized carbons (Fsp3) is 0.556. The number of halogens is 3.